The molecule has 0 aromatic carbocycles. The number of methoxy groups -OCH3 is 1. The third-order valence-electron chi connectivity index (χ3n) is 5.28. The minimum Gasteiger partial charge on any atom is -0.381 e. The smallest absolute Gasteiger partial charge is 0.222 e. The van der Waals surface area contributed by atoms with Crippen LogP contribution in [0.3, 0.4) is 0 Å². The number of ether oxygens (including phenoxy) is 2. The summed E-state index contributed by atoms with van der Waals surface area (Å²) in [5.74, 6) is 1.13. The van der Waals surface area contributed by atoms with E-state index < -0.39 is 0 Å². The Balaban J connectivity index is 1.76. The van der Waals surface area contributed by atoms with Crippen molar-refractivity contribution < 1.29 is 14.3 Å². The normalized spacial score (nSPS) is 21.4. The van der Waals surface area contributed by atoms with Gasteiger partial charge in [0.2, 0.25) is 5.91 Å². The molecule has 26 heavy (non-hydrogen) atoms. The highest BCUT2D eigenvalue weighted by Gasteiger charge is 2.32. The molecule has 0 aliphatic carbocycles. The number of carbonyl (C=O) groups excluding carboxylic acids is 1. The van der Waals surface area contributed by atoms with Crippen LogP contribution in [0.2, 0.25) is 0 Å². The van der Waals surface area contributed by atoms with E-state index in [1.54, 1.807) is 7.11 Å². The summed E-state index contributed by atoms with van der Waals surface area (Å²) in [7, 11) is 1.76. The van der Waals surface area contributed by atoms with Gasteiger partial charge in [0.25, 0.3) is 0 Å². The van der Waals surface area contributed by atoms with Crippen molar-refractivity contribution in [2.45, 2.75) is 57.5 Å². The highest BCUT2D eigenvalue weighted by atomic mass is 16.5. The van der Waals surface area contributed by atoms with Crippen LogP contribution in [0.25, 0.3) is 0 Å². The van der Waals surface area contributed by atoms with Crippen molar-refractivity contribution >= 4 is 11.9 Å². The molecule has 0 aromatic heterocycles. The van der Waals surface area contributed by atoms with Gasteiger partial charge in [-0.05, 0) is 26.2 Å². The van der Waals surface area contributed by atoms with E-state index in [1.807, 2.05) is 4.90 Å². The third kappa shape index (κ3) is 6.76. The van der Waals surface area contributed by atoms with Crippen LogP contribution >= 0.6 is 0 Å². The van der Waals surface area contributed by atoms with Gasteiger partial charge in [0.05, 0.1) is 12.1 Å². The monoisotopic (exact) mass is 368 g/mol. The van der Waals surface area contributed by atoms with Gasteiger partial charge >= 0.3 is 0 Å². The van der Waals surface area contributed by atoms with Gasteiger partial charge in [-0.25, -0.2) is 0 Å². The number of nitrogens with one attached hydrogen (secondary N) is 2. The van der Waals surface area contributed by atoms with E-state index in [1.165, 1.54) is 6.42 Å². The Morgan fingerprint density at radius 2 is 2.08 bits per heavy atom. The molecule has 7 nitrogen and oxygen atoms in total. The molecule has 150 valence electrons. The predicted octanol–water partition coefficient (Wildman–Crippen LogP) is 1.53. The second-order valence-electron chi connectivity index (χ2n) is 7.17. The first-order chi connectivity index (χ1) is 12.7. The molecule has 7 heteroatoms. The fraction of sp³-hybridized carbons (Fsp3) is 0.895. The second kappa shape index (κ2) is 11.4. The zero-order chi connectivity index (χ0) is 18.7. The lowest BCUT2D eigenvalue weighted by atomic mass is 9.94. The van der Waals surface area contributed by atoms with Crippen molar-refractivity contribution in [3.8, 4) is 0 Å². The molecule has 0 unspecified atom stereocenters. The molecule has 2 rings (SSSR count). The van der Waals surface area contributed by atoms with Crippen molar-refractivity contribution in [1.82, 2.24) is 15.5 Å². The van der Waals surface area contributed by atoms with Crippen LogP contribution in [-0.4, -0.2) is 75.4 Å². The molecule has 0 aromatic rings. The number of rotatable bonds is 8. The lowest BCUT2D eigenvalue weighted by molar-refractivity contribution is -0.130. The highest BCUT2D eigenvalue weighted by Crippen LogP contribution is 2.24. The first-order valence-electron chi connectivity index (χ1n) is 10.1. The highest BCUT2D eigenvalue weighted by molar-refractivity contribution is 5.79. The standard InChI is InChI=1S/C19H36N4O3/c1-3-20-18(22-16-19(25-2)9-14-26-15-10-19)21-11-7-13-23-12-6-4-5-8-17(23)24/h3-16H2,1-2H3,(H2,20,21,22). The Morgan fingerprint density at radius 1 is 1.27 bits per heavy atom. The number of likely N-dealkylation sites (tertiary alicyclic amines) is 1. The van der Waals surface area contributed by atoms with Crippen LogP contribution in [0, 0.1) is 0 Å². The molecule has 0 bridgehead atoms. The summed E-state index contributed by atoms with van der Waals surface area (Å²) in [6.45, 7) is 7.52. The average Bonchev–Trinajstić information content (AvgIpc) is 2.88. The molecule has 0 atom stereocenters. The summed E-state index contributed by atoms with van der Waals surface area (Å²) in [4.78, 5) is 18.8. The Hall–Kier alpha value is -1.34. The first-order valence-corrected chi connectivity index (χ1v) is 10.1. The number of amides is 1. The zero-order valence-electron chi connectivity index (χ0n) is 16.5. The van der Waals surface area contributed by atoms with E-state index in [9.17, 15) is 4.79 Å². The molecule has 0 radical (unpaired) electrons. The maximum absolute atomic E-state index is 12.0. The number of hydrogen-bond acceptors (Lipinski definition) is 4. The molecular formula is C19H36N4O3. The van der Waals surface area contributed by atoms with Crippen molar-refractivity contribution in [1.29, 1.82) is 0 Å². The minimum absolute atomic E-state index is 0.209. The van der Waals surface area contributed by atoms with Crippen LogP contribution in [0.15, 0.2) is 4.99 Å². The molecule has 2 N–H and O–H groups in total. The first kappa shape index (κ1) is 21.0. The van der Waals surface area contributed by atoms with Crippen molar-refractivity contribution in [2.24, 2.45) is 4.99 Å². The van der Waals surface area contributed by atoms with E-state index in [-0.39, 0.29) is 5.60 Å². The fourth-order valence-electron chi connectivity index (χ4n) is 3.49. The molecule has 1 amide bonds. The number of hydrogen-bond donors (Lipinski definition) is 2. The zero-order valence-corrected chi connectivity index (χ0v) is 16.5. The topological polar surface area (TPSA) is 75.2 Å². The maximum atomic E-state index is 12.0. The molecule has 2 aliphatic heterocycles. The van der Waals surface area contributed by atoms with Crippen molar-refractivity contribution in [2.75, 3.05) is 53.0 Å². The van der Waals surface area contributed by atoms with E-state index in [0.29, 0.717) is 18.9 Å². The van der Waals surface area contributed by atoms with E-state index in [2.05, 4.69) is 17.6 Å². The number of aliphatic imine (C=N–C) groups is 1. The van der Waals surface area contributed by atoms with Crippen molar-refractivity contribution in [3.05, 3.63) is 0 Å². The van der Waals surface area contributed by atoms with Gasteiger partial charge < -0.3 is 25.0 Å². The van der Waals surface area contributed by atoms with E-state index in [0.717, 1.165) is 77.5 Å². The third-order valence-corrected chi connectivity index (χ3v) is 5.28. The molecule has 2 saturated heterocycles. The molecule has 0 saturated carbocycles. The summed E-state index contributed by atoms with van der Waals surface area (Å²) < 4.78 is 11.2. The van der Waals surface area contributed by atoms with Gasteiger partial charge in [0.1, 0.15) is 0 Å². The van der Waals surface area contributed by atoms with Gasteiger partial charge in [-0.3, -0.25) is 9.79 Å². The number of guanidine groups is 1. The average molecular weight is 369 g/mol. The number of nitrogens with zero attached hydrogens (tertiary/aromatic N) is 2. The summed E-state index contributed by atoms with van der Waals surface area (Å²) in [5.41, 5.74) is -0.209. The lowest BCUT2D eigenvalue weighted by Gasteiger charge is -2.34. The minimum atomic E-state index is -0.209. The van der Waals surface area contributed by atoms with Crippen LogP contribution in [-0.2, 0) is 14.3 Å². The molecule has 2 aliphatic rings. The SMILES string of the molecule is CCNC(=NCC1(OC)CCOCC1)NCCCN1CCCCCC1=O. The summed E-state index contributed by atoms with van der Waals surface area (Å²) in [6.07, 6.45) is 6.74. The maximum Gasteiger partial charge on any atom is 0.222 e. The summed E-state index contributed by atoms with van der Waals surface area (Å²) in [5, 5.41) is 6.68. The quantitative estimate of drug-likeness (QED) is 0.386. The Bertz CT molecular complexity index is 450. The summed E-state index contributed by atoms with van der Waals surface area (Å²) >= 11 is 0. The van der Waals surface area contributed by atoms with Gasteiger partial charge in [-0.1, -0.05) is 6.42 Å². The lowest BCUT2D eigenvalue weighted by Crippen LogP contribution is -2.44. The van der Waals surface area contributed by atoms with Gasteiger partial charge in [0, 0.05) is 65.8 Å². The van der Waals surface area contributed by atoms with Gasteiger partial charge in [-0.15, -0.1) is 0 Å². The Morgan fingerprint density at radius 3 is 2.81 bits per heavy atom. The van der Waals surface area contributed by atoms with Gasteiger partial charge in [0.15, 0.2) is 5.96 Å². The summed E-state index contributed by atoms with van der Waals surface area (Å²) in [6, 6.07) is 0. The van der Waals surface area contributed by atoms with Crippen molar-refractivity contribution in [3.63, 3.8) is 0 Å². The Labute approximate surface area is 157 Å². The van der Waals surface area contributed by atoms with Crippen LogP contribution in [0.5, 0.6) is 0 Å². The van der Waals surface area contributed by atoms with E-state index in [4.69, 9.17) is 14.5 Å². The van der Waals surface area contributed by atoms with Crippen LogP contribution in [0.4, 0.5) is 0 Å². The largest absolute Gasteiger partial charge is 0.381 e. The second-order valence-corrected chi connectivity index (χ2v) is 7.17. The Kier molecular flexibility index (Phi) is 9.18. The fourth-order valence-corrected chi connectivity index (χ4v) is 3.49. The molecule has 0 spiro atoms. The van der Waals surface area contributed by atoms with Gasteiger partial charge in [-0.2, -0.15) is 0 Å². The predicted molar refractivity (Wildman–Crippen MR) is 103 cm³/mol. The molecule has 2 heterocycles. The number of carbonyl (C=O) groups is 1. The molecule has 2 fully saturated rings. The van der Waals surface area contributed by atoms with E-state index >= 15 is 0 Å². The van der Waals surface area contributed by atoms with Crippen LogP contribution < -0.4 is 10.6 Å². The van der Waals surface area contributed by atoms with Crippen LogP contribution in [0.1, 0.15) is 51.9 Å². The molecular weight excluding hydrogens is 332 g/mol.